The van der Waals surface area contributed by atoms with Crippen molar-refractivity contribution in [3.8, 4) is 11.5 Å². The van der Waals surface area contributed by atoms with Gasteiger partial charge in [-0.15, -0.1) is 0 Å². The zero-order valence-electron chi connectivity index (χ0n) is 19.5. The number of hydrogen-bond donors (Lipinski definition) is 1. The van der Waals surface area contributed by atoms with Crippen LogP contribution in [0, 0.1) is 18.2 Å². The molecule has 3 nitrogen and oxygen atoms in total. The van der Waals surface area contributed by atoms with Crippen LogP contribution in [0.3, 0.4) is 0 Å². The zero-order chi connectivity index (χ0) is 23.8. The molecule has 0 amide bonds. The zero-order valence-corrected chi connectivity index (χ0v) is 19.5. The Morgan fingerprint density at radius 2 is 1.64 bits per heavy atom. The molecule has 1 aliphatic rings. The van der Waals surface area contributed by atoms with Gasteiger partial charge in [0.15, 0.2) is 0 Å². The first-order chi connectivity index (χ1) is 15.6. The minimum atomic E-state index is -0.597. The number of benzene rings is 3. The second-order valence-corrected chi connectivity index (χ2v) is 9.70. The maximum absolute atomic E-state index is 15.1. The molecule has 0 aromatic heterocycles. The van der Waals surface area contributed by atoms with Crippen LogP contribution in [0.2, 0.25) is 0 Å². The predicted octanol–water partition coefficient (Wildman–Crippen LogP) is 7.09. The molecule has 1 aliphatic carbocycles. The van der Waals surface area contributed by atoms with Gasteiger partial charge in [0.25, 0.3) is 0 Å². The van der Waals surface area contributed by atoms with Crippen molar-refractivity contribution in [2.24, 2.45) is 5.41 Å². The van der Waals surface area contributed by atoms with Crippen molar-refractivity contribution in [3.63, 3.8) is 0 Å². The fourth-order valence-electron chi connectivity index (χ4n) is 4.18. The summed E-state index contributed by atoms with van der Waals surface area (Å²) in [6.07, 6.45) is 2.34. The highest BCUT2D eigenvalue weighted by molar-refractivity contribution is 6.00. The molecule has 0 bridgehead atoms. The summed E-state index contributed by atoms with van der Waals surface area (Å²) >= 11 is 0. The average Bonchev–Trinajstić information content (AvgIpc) is 2.93. The van der Waals surface area contributed by atoms with E-state index in [9.17, 15) is 9.90 Å². The van der Waals surface area contributed by atoms with E-state index in [1.54, 1.807) is 24.3 Å². The molecule has 0 saturated carbocycles. The number of carbonyl (C=O) groups is 1. The van der Waals surface area contributed by atoms with Gasteiger partial charge in [0.1, 0.15) is 17.3 Å². The number of aromatic hydroxyl groups is 1. The molecule has 0 heterocycles. The van der Waals surface area contributed by atoms with Gasteiger partial charge in [-0.1, -0.05) is 30.3 Å². The molecule has 4 heteroatoms. The van der Waals surface area contributed by atoms with Gasteiger partial charge in [-0.25, -0.2) is 4.39 Å². The number of ether oxygens (including phenoxy) is 1. The van der Waals surface area contributed by atoms with E-state index in [1.807, 2.05) is 64.1 Å². The van der Waals surface area contributed by atoms with E-state index in [0.717, 1.165) is 46.2 Å². The lowest BCUT2D eigenvalue weighted by molar-refractivity contribution is -0.143. The Bertz CT molecular complexity index is 1230. The Morgan fingerprint density at radius 1 is 0.939 bits per heavy atom. The van der Waals surface area contributed by atoms with Crippen LogP contribution in [0.25, 0.3) is 11.1 Å². The van der Waals surface area contributed by atoms with Crippen LogP contribution < -0.4 is 4.74 Å². The number of phenols is 1. The van der Waals surface area contributed by atoms with Crippen LogP contribution in [-0.2, 0) is 11.2 Å². The molecule has 0 spiro atoms. The Kier molecular flexibility index (Phi) is 6.11. The SMILES string of the molecule is Cc1ccc(C2=C(c3ccc(O)cc3)c3ccc(OC(=O)C(C)(C)C)cc3CCC2)c(F)c1. The fraction of sp³-hybridized carbons (Fsp3) is 0.276. The van der Waals surface area contributed by atoms with Crippen LogP contribution in [0.1, 0.15) is 61.4 Å². The Morgan fingerprint density at radius 3 is 2.30 bits per heavy atom. The van der Waals surface area contributed by atoms with Crippen molar-refractivity contribution >= 4 is 17.1 Å². The Labute approximate surface area is 194 Å². The number of halogens is 1. The van der Waals surface area contributed by atoms with Crippen molar-refractivity contribution in [1.82, 2.24) is 0 Å². The number of phenolic OH excluding ortho intramolecular Hbond substituents is 1. The first-order valence-corrected chi connectivity index (χ1v) is 11.3. The van der Waals surface area contributed by atoms with E-state index in [4.69, 9.17) is 4.74 Å². The van der Waals surface area contributed by atoms with Crippen LogP contribution in [0.5, 0.6) is 11.5 Å². The lowest BCUT2D eigenvalue weighted by Crippen LogP contribution is -2.25. The third kappa shape index (κ3) is 4.85. The van der Waals surface area contributed by atoms with Gasteiger partial charge in [0.2, 0.25) is 0 Å². The number of aryl methyl sites for hydroxylation is 2. The number of rotatable bonds is 3. The van der Waals surface area contributed by atoms with Gasteiger partial charge in [0.05, 0.1) is 5.41 Å². The van der Waals surface area contributed by atoms with Gasteiger partial charge in [0, 0.05) is 5.56 Å². The van der Waals surface area contributed by atoms with Gasteiger partial charge < -0.3 is 9.84 Å². The molecule has 1 N–H and O–H groups in total. The topological polar surface area (TPSA) is 46.5 Å². The molecule has 4 rings (SSSR count). The van der Waals surface area contributed by atoms with Crippen molar-refractivity contribution in [2.45, 2.75) is 47.0 Å². The average molecular weight is 445 g/mol. The lowest BCUT2D eigenvalue weighted by Gasteiger charge is -2.19. The predicted molar refractivity (Wildman–Crippen MR) is 130 cm³/mol. The summed E-state index contributed by atoms with van der Waals surface area (Å²) in [5, 5.41) is 9.82. The summed E-state index contributed by atoms with van der Waals surface area (Å²) in [6, 6.07) is 18.1. The normalized spacial score (nSPS) is 14.0. The number of allylic oxidation sites excluding steroid dienone is 1. The van der Waals surface area contributed by atoms with Gasteiger partial charge in [-0.2, -0.15) is 0 Å². The van der Waals surface area contributed by atoms with E-state index < -0.39 is 5.41 Å². The summed E-state index contributed by atoms with van der Waals surface area (Å²) in [6.45, 7) is 7.36. The van der Waals surface area contributed by atoms with Crippen molar-refractivity contribution in [3.05, 3.63) is 94.3 Å². The van der Waals surface area contributed by atoms with Gasteiger partial charge >= 0.3 is 5.97 Å². The first-order valence-electron chi connectivity index (χ1n) is 11.3. The van der Waals surface area contributed by atoms with Gasteiger partial charge in [-0.05, 0) is 111 Å². The summed E-state index contributed by atoms with van der Waals surface area (Å²) in [5.41, 5.74) is 5.71. The molecule has 3 aromatic rings. The maximum Gasteiger partial charge on any atom is 0.316 e. The van der Waals surface area contributed by atoms with E-state index in [0.29, 0.717) is 17.7 Å². The number of carbonyl (C=O) groups excluding carboxylic acids is 1. The van der Waals surface area contributed by atoms with E-state index >= 15 is 4.39 Å². The molecule has 33 heavy (non-hydrogen) atoms. The van der Waals surface area contributed by atoms with Crippen molar-refractivity contribution in [1.29, 1.82) is 0 Å². The minimum Gasteiger partial charge on any atom is -0.508 e. The Hall–Kier alpha value is -3.40. The standard InChI is InChI=1S/C29H29FO3/c1-18-8-14-24(26(30)16-18)25-7-5-6-20-17-22(33-28(32)29(2,3)4)13-15-23(20)27(25)19-9-11-21(31)12-10-19/h8-17,31H,5-7H2,1-4H3. The van der Waals surface area contributed by atoms with E-state index in [1.165, 1.54) is 0 Å². The van der Waals surface area contributed by atoms with Crippen molar-refractivity contribution in [2.75, 3.05) is 0 Å². The molecule has 3 aromatic carbocycles. The van der Waals surface area contributed by atoms with Crippen LogP contribution in [0.4, 0.5) is 4.39 Å². The number of fused-ring (bicyclic) bond motifs is 1. The maximum atomic E-state index is 15.1. The molecular weight excluding hydrogens is 415 g/mol. The van der Waals surface area contributed by atoms with Crippen LogP contribution >= 0.6 is 0 Å². The molecular formula is C29H29FO3. The second kappa shape index (κ2) is 8.86. The Balaban J connectivity index is 1.89. The first kappa shape index (κ1) is 22.8. The monoisotopic (exact) mass is 444 g/mol. The van der Waals surface area contributed by atoms with Crippen LogP contribution in [0.15, 0.2) is 60.7 Å². The summed E-state index contributed by atoms with van der Waals surface area (Å²) in [4.78, 5) is 12.4. The summed E-state index contributed by atoms with van der Waals surface area (Å²) in [7, 11) is 0. The van der Waals surface area contributed by atoms with Gasteiger partial charge in [-0.3, -0.25) is 4.79 Å². The second-order valence-electron chi connectivity index (χ2n) is 9.70. The third-order valence-corrected chi connectivity index (χ3v) is 5.95. The molecule has 0 fully saturated rings. The highest BCUT2D eigenvalue weighted by Crippen LogP contribution is 2.42. The molecule has 0 radical (unpaired) electrons. The van der Waals surface area contributed by atoms with E-state index in [2.05, 4.69) is 0 Å². The van der Waals surface area contributed by atoms with E-state index in [-0.39, 0.29) is 17.5 Å². The highest BCUT2D eigenvalue weighted by atomic mass is 19.1. The molecule has 0 unspecified atom stereocenters. The molecule has 0 saturated heterocycles. The largest absolute Gasteiger partial charge is 0.508 e. The molecule has 0 atom stereocenters. The smallest absolute Gasteiger partial charge is 0.316 e. The fourth-order valence-corrected chi connectivity index (χ4v) is 4.18. The number of hydrogen-bond acceptors (Lipinski definition) is 3. The summed E-state index contributed by atoms with van der Waals surface area (Å²) in [5.74, 6) is 0.178. The number of esters is 1. The minimum absolute atomic E-state index is 0.181. The van der Waals surface area contributed by atoms with Crippen molar-refractivity contribution < 1.29 is 19.0 Å². The highest BCUT2D eigenvalue weighted by Gasteiger charge is 2.26. The summed E-state index contributed by atoms with van der Waals surface area (Å²) < 4.78 is 20.7. The van der Waals surface area contributed by atoms with Crippen LogP contribution in [-0.4, -0.2) is 11.1 Å². The third-order valence-electron chi connectivity index (χ3n) is 5.95. The lowest BCUT2D eigenvalue weighted by atomic mass is 9.87. The molecule has 0 aliphatic heterocycles. The quantitative estimate of drug-likeness (QED) is 0.347. The molecule has 170 valence electrons.